The zero-order valence-electron chi connectivity index (χ0n) is 8.88. The highest BCUT2D eigenvalue weighted by Gasteiger charge is 2.06. The van der Waals surface area contributed by atoms with Crippen LogP contribution in [0.15, 0.2) is 29.2 Å². The molecule has 1 atom stereocenters. The Bertz CT molecular complexity index is 291. The van der Waals surface area contributed by atoms with Crippen molar-refractivity contribution in [2.45, 2.75) is 24.7 Å². The van der Waals surface area contributed by atoms with Gasteiger partial charge >= 0.3 is 0 Å². The molecular weight excluding hydrogens is 292 g/mol. The van der Waals surface area contributed by atoms with Gasteiger partial charge in [0.2, 0.25) is 0 Å². The third kappa shape index (κ3) is 5.28. The summed E-state index contributed by atoms with van der Waals surface area (Å²) < 4.78 is 0. The van der Waals surface area contributed by atoms with Crippen LogP contribution in [0.3, 0.4) is 0 Å². The lowest BCUT2D eigenvalue weighted by Crippen LogP contribution is -2.04. The Morgan fingerprint density at radius 3 is 2.87 bits per heavy atom. The smallest absolute Gasteiger partial charge is 0.0417 e. The lowest BCUT2D eigenvalue weighted by atomic mass is 10.1. The Kier molecular flexibility index (Phi) is 6.78. The van der Waals surface area contributed by atoms with Crippen LogP contribution in [0.25, 0.3) is 0 Å². The number of thioether (sulfide) groups is 1. The predicted molar refractivity (Wildman–Crippen MR) is 74.4 cm³/mol. The Morgan fingerprint density at radius 1 is 1.47 bits per heavy atom. The SMILES string of the molecule is CCCC(CBr)CSc1cccc(Cl)c1. The molecule has 1 aromatic rings. The summed E-state index contributed by atoms with van der Waals surface area (Å²) in [7, 11) is 0. The second-order valence-electron chi connectivity index (χ2n) is 3.58. The maximum atomic E-state index is 5.93. The van der Waals surface area contributed by atoms with Crippen molar-refractivity contribution in [1.82, 2.24) is 0 Å². The molecule has 0 saturated heterocycles. The van der Waals surface area contributed by atoms with E-state index in [-0.39, 0.29) is 0 Å². The van der Waals surface area contributed by atoms with Crippen molar-refractivity contribution in [2.24, 2.45) is 5.92 Å². The topological polar surface area (TPSA) is 0 Å². The Morgan fingerprint density at radius 2 is 2.27 bits per heavy atom. The molecule has 15 heavy (non-hydrogen) atoms. The standard InChI is InChI=1S/C12H16BrClS/c1-2-4-10(8-13)9-15-12-6-3-5-11(14)7-12/h3,5-7,10H,2,4,8-9H2,1H3. The lowest BCUT2D eigenvalue weighted by molar-refractivity contribution is 0.597. The first-order valence-corrected chi connectivity index (χ1v) is 7.69. The monoisotopic (exact) mass is 306 g/mol. The first-order valence-electron chi connectivity index (χ1n) is 5.20. The van der Waals surface area contributed by atoms with Crippen molar-refractivity contribution in [3.05, 3.63) is 29.3 Å². The summed E-state index contributed by atoms with van der Waals surface area (Å²) in [5, 5.41) is 1.92. The molecule has 0 radical (unpaired) electrons. The molecule has 0 heterocycles. The summed E-state index contributed by atoms with van der Waals surface area (Å²) >= 11 is 11.4. The van der Waals surface area contributed by atoms with Gasteiger partial charge in [0.05, 0.1) is 0 Å². The molecule has 1 unspecified atom stereocenters. The zero-order valence-corrected chi connectivity index (χ0v) is 12.0. The van der Waals surface area contributed by atoms with Gasteiger partial charge in [-0.05, 0) is 30.5 Å². The van der Waals surface area contributed by atoms with Gasteiger partial charge in [0.25, 0.3) is 0 Å². The highest BCUT2D eigenvalue weighted by atomic mass is 79.9. The van der Waals surface area contributed by atoms with Crippen LogP contribution in [0, 0.1) is 5.92 Å². The molecule has 1 aromatic carbocycles. The van der Waals surface area contributed by atoms with E-state index in [1.807, 2.05) is 30.0 Å². The fourth-order valence-corrected chi connectivity index (χ4v) is 3.59. The van der Waals surface area contributed by atoms with E-state index in [9.17, 15) is 0 Å². The van der Waals surface area contributed by atoms with Crippen LogP contribution in [-0.4, -0.2) is 11.1 Å². The van der Waals surface area contributed by atoms with Gasteiger partial charge in [0.1, 0.15) is 0 Å². The van der Waals surface area contributed by atoms with Crippen molar-refractivity contribution in [3.8, 4) is 0 Å². The molecule has 0 aliphatic rings. The van der Waals surface area contributed by atoms with E-state index in [1.165, 1.54) is 23.5 Å². The second kappa shape index (κ2) is 7.59. The van der Waals surface area contributed by atoms with Crippen LogP contribution in [0.2, 0.25) is 5.02 Å². The molecule has 3 heteroatoms. The van der Waals surface area contributed by atoms with Crippen LogP contribution >= 0.6 is 39.3 Å². The predicted octanol–water partition coefficient (Wildman–Crippen LogP) is 5.24. The molecule has 1 rings (SSSR count). The van der Waals surface area contributed by atoms with E-state index in [0.717, 1.165) is 16.3 Å². The van der Waals surface area contributed by atoms with Crippen LogP contribution < -0.4 is 0 Å². The Balaban J connectivity index is 2.41. The molecule has 0 aliphatic heterocycles. The second-order valence-corrected chi connectivity index (χ2v) is 5.75. The van der Waals surface area contributed by atoms with Gasteiger partial charge in [0.15, 0.2) is 0 Å². The molecular formula is C12H16BrClS. The fraction of sp³-hybridized carbons (Fsp3) is 0.500. The molecule has 0 spiro atoms. The van der Waals surface area contributed by atoms with E-state index in [1.54, 1.807) is 0 Å². The highest BCUT2D eigenvalue weighted by Crippen LogP contribution is 2.25. The van der Waals surface area contributed by atoms with E-state index in [4.69, 9.17) is 11.6 Å². The van der Waals surface area contributed by atoms with E-state index >= 15 is 0 Å². The summed E-state index contributed by atoms with van der Waals surface area (Å²) in [5.74, 6) is 1.93. The molecule has 84 valence electrons. The quantitative estimate of drug-likeness (QED) is 0.511. The summed E-state index contributed by atoms with van der Waals surface area (Å²) in [6, 6.07) is 8.07. The highest BCUT2D eigenvalue weighted by molar-refractivity contribution is 9.09. The molecule has 0 bridgehead atoms. The van der Waals surface area contributed by atoms with E-state index < -0.39 is 0 Å². The van der Waals surface area contributed by atoms with Gasteiger partial charge in [0, 0.05) is 21.0 Å². The molecule has 0 aliphatic carbocycles. The maximum absolute atomic E-state index is 5.93. The van der Waals surface area contributed by atoms with E-state index in [0.29, 0.717) is 0 Å². The minimum atomic E-state index is 0.763. The van der Waals surface area contributed by atoms with Gasteiger partial charge in [-0.1, -0.05) is 46.9 Å². The van der Waals surface area contributed by atoms with Crippen LogP contribution in [0.1, 0.15) is 19.8 Å². The fourth-order valence-electron chi connectivity index (χ4n) is 1.38. The molecule has 0 aromatic heterocycles. The largest absolute Gasteiger partial charge is 0.126 e. The molecule has 0 N–H and O–H groups in total. The lowest BCUT2D eigenvalue weighted by Gasteiger charge is -2.12. The van der Waals surface area contributed by atoms with Crippen molar-refractivity contribution < 1.29 is 0 Å². The minimum Gasteiger partial charge on any atom is -0.126 e. The van der Waals surface area contributed by atoms with Crippen molar-refractivity contribution in [1.29, 1.82) is 0 Å². The van der Waals surface area contributed by atoms with Gasteiger partial charge in [-0.3, -0.25) is 0 Å². The first-order chi connectivity index (χ1) is 7.26. The molecule has 0 fully saturated rings. The number of hydrogen-bond acceptors (Lipinski definition) is 1. The summed E-state index contributed by atoms with van der Waals surface area (Å²) in [4.78, 5) is 1.27. The number of halogens is 2. The van der Waals surface area contributed by atoms with Crippen LogP contribution in [-0.2, 0) is 0 Å². The third-order valence-electron chi connectivity index (χ3n) is 2.20. The normalized spacial score (nSPS) is 12.7. The average Bonchev–Trinajstić information content (AvgIpc) is 2.24. The van der Waals surface area contributed by atoms with Gasteiger partial charge in [-0.15, -0.1) is 11.8 Å². The summed E-state index contributed by atoms with van der Waals surface area (Å²) in [6.07, 6.45) is 2.55. The average molecular weight is 308 g/mol. The number of benzene rings is 1. The van der Waals surface area contributed by atoms with Crippen LogP contribution in [0.4, 0.5) is 0 Å². The van der Waals surface area contributed by atoms with Gasteiger partial charge < -0.3 is 0 Å². The molecule has 0 saturated carbocycles. The van der Waals surface area contributed by atoms with Crippen LogP contribution in [0.5, 0.6) is 0 Å². The Labute approximate surface area is 110 Å². The van der Waals surface area contributed by atoms with Crippen molar-refractivity contribution in [2.75, 3.05) is 11.1 Å². The minimum absolute atomic E-state index is 0.763. The van der Waals surface area contributed by atoms with Gasteiger partial charge in [-0.25, -0.2) is 0 Å². The molecule has 0 nitrogen and oxygen atoms in total. The third-order valence-corrected chi connectivity index (χ3v) is 4.57. The molecule has 0 amide bonds. The number of rotatable bonds is 6. The number of alkyl halides is 1. The van der Waals surface area contributed by atoms with E-state index in [2.05, 4.69) is 28.9 Å². The maximum Gasteiger partial charge on any atom is 0.0417 e. The summed E-state index contributed by atoms with van der Waals surface area (Å²) in [5.41, 5.74) is 0. The first kappa shape index (κ1) is 13.4. The number of hydrogen-bond donors (Lipinski definition) is 0. The zero-order chi connectivity index (χ0) is 11.1. The Hall–Kier alpha value is 0.340. The van der Waals surface area contributed by atoms with Crippen molar-refractivity contribution >= 4 is 39.3 Å². The van der Waals surface area contributed by atoms with Crippen molar-refractivity contribution in [3.63, 3.8) is 0 Å². The summed E-state index contributed by atoms with van der Waals surface area (Å²) in [6.45, 7) is 2.24. The van der Waals surface area contributed by atoms with Gasteiger partial charge in [-0.2, -0.15) is 0 Å².